The van der Waals surface area contributed by atoms with Crippen LogP contribution in [0.2, 0.25) is 0 Å². The number of para-hydroxylation sites is 1. The highest BCUT2D eigenvalue weighted by molar-refractivity contribution is 5.78. The van der Waals surface area contributed by atoms with Crippen LogP contribution in [0.1, 0.15) is 6.42 Å². The molecule has 1 aromatic carbocycles. The third-order valence-corrected chi connectivity index (χ3v) is 4.18. The Bertz CT molecular complexity index is 644. The summed E-state index contributed by atoms with van der Waals surface area (Å²) in [5, 5.41) is 4.45. The smallest absolute Gasteiger partial charge is 0.251 e. The molecule has 0 spiro atoms. The fraction of sp³-hybridized carbons (Fsp3) is 0.438. The van der Waals surface area contributed by atoms with E-state index >= 15 is 0 Å². The maximum Gasteiger partial charge on any atom is 0.251 e. The van der Waals surface area contributed by atoms with E-state index in [1.165, 1.54) is 0 Å². The largest absolute Gasteiger partial charge is 0.381 e. The van der Waals surface area contributed by atoms with Gasteiger partial charge in [-0.15, -0.1) is 0 Å². The normalized spacial score (nSPS) is 20.4. The van der Waals surface area contributed by atoms with E-state index in [9.17, 15) is 4.79 Å². The zero-order chi connectivity index (χ0) is 13.9. The quantitative estimate of drug-likeness (QED) is 0.920. The molecule has 4 nitrogen and oxygen atoms in total. The molecule has 2 heterocycles. The van der Waals surface area contributed by atoms with Crippen LogP contribution in [0.15, 0.2) is 41.2 Å². The predicted molar refractivity (Wildman–Crippen MR) is 80.0 cm³/mol. The van der Waals surface area contributed by atoms with Crippen molar-refractivity contribution < 1.29 is 4.74 Å². The van der Waals surface area contributed by atoms with E-state index in [0.717, 1.165) is 30.5 Å². The van der Waals surface area contributed by atoms with Gasteiger partial charge >= 0.3 is 0 Å². The standard InChI is InChI=1S/C16H20N2O2/c1-17-14(13-8-9-20-11-13)10-18-15-5-3-2-4-12(15)6-7-16(18)19/h2-7,13-14,17H,8-11H2,1H3. The van der Waals surface area contributed by atoms with Crippen molar-refractivity contribution in [3.8, 4) is 0 Å². The van der Waals surface area contributed by atoms with Crippen LogP contribution in [0, 0.1) is 5.92 Å². The van der Waals surface area contributed by atoms with Crippen LogP contribution in [0.4, 0.5) is 0 Å². The number of ether oxygens (including phenoxy) is 1. The highest BCUT2D eigenvalue weighted by Gasteiger charge is 2.25. The lowest BCUT2D eigenvalue weighted by molar-refractivity contribution is 0.175. The van der Waals surface area contributed by atoms with Crippen molar-refractivity contribution >= 4 is 10.9 Å². The van der Waals surface area contributed by atoms with Crippen LogP contribution in [0.3, 0.4) is 0 Å². The Morgan fingerprint density at radius 1 is 1.35 bits per heavy atom. The molecule has 0 aliphatic carbocycles. The average Bonchev–Trinajstić information content (AvgIpc) is 3.00. The van der Waals surface area contributed by atoms with Crippen LogP contribution < -0.4 is 10.9 Å². The number of hydrogen-bond donors (Lipinski definition) is 1. The Morgan fingerprint density at radius 3 is 2.95 bits per heavy atom. The molecule has 1 aliphatic heterocycles. The lowest BCUT2D eigenvalue weighted by Gasteiger charge is -2.23. The van der Waals surface area contributed by atoms with Crippen molar-refractivity contribution in [1.29, 1.82) is 0 Å². The summed E-state index contributed by atoms with van der Waals surface area (Å²) in [6, 6.07) is 11.8. The molecular formula is C16H20N2O2. The minimum atomic E-state index is 0.0582. The highest BCUT2D eigenvalue weighted by atomic mass is 16.5. The summed E-state index contributed by atoms with van der Waals surface area (Å²) in [5.74, 6) is 0.478. The molecule has 2 unspecified atom stereocenters. The summed E-state index contributed by atoms with van der Waals surface area (Å²) in [4.78, 5) is 12.2. The Morgan fingerprint density at radius 2 is 2.20 bits per heavy atom. The van der Waals surface area contributed by atoms with Gasteiger partial charge in [-0.2, -0.15) is 0 Å². The maximum atomic E-state index is 12.2. The first kappa shape index (κ1) is 13.3. The van der Waals surface area contributed by atoms with Gasteiger partial charge in [-0.1, -0.05) is 18.2 Å². The molecule has 4 heteroatoms. The predicted octanol–water partition coefficient (Wildman–Crippen LogP) is 1.63. The molecule has 1 N–H and O–H groups in total. The zero-order valence-corrected chi connectivity index (χ0v) is 11.7. The third kappa shape index (κ3) is 2.49. The molecular weight excluding hydrogens is 252 g/mol. The molecule has 1 aliphatic rings. The lowest BCUT2D eigenvalue weighted by atomic mass is 9.99. The van der Waals surface area contributed by atoms with E-state index in [-0.39, 0.29) is 11.6 Å². The summed E-state index contributed by atoms with van der Waals surface area (Å²) < 4.78 is 7.34. The fourth-order valence-corrected chi connectivity index (χ4v) is 2.98. The fourth-order valence-electron chi connectivity index (χ4n) is 2.98. The second-order valence-corrected chi connectivity index (χ2v) is 5.36. The number of fused-ring (bicyclic) bond motifs is 1. The first-order chi connectivity index (χ1) is 9.79. The molecule has 1 aromatic heterocycles. The second-order valence-electron chi connectivity index (χ2n) is 5.36. The van der Waals surface area contributed by atoms with E-state index in [1.807, 2.05) is 41.9 Å². The second kappa shape index (κ2) is 5.77. The molecule has 0 bridgehead atoms. The number of aromatic nitrogens is 1. The van der Waals surface area contributed by atoms with Gasteiger partial charge in [-0.25, -0.2) is 0 Å². The van der Waals surface area contributed by atoms with Crippen molar-refractivity contribution in [1.82, 2.24) is 9.88 Å². The van der Waals surface area contributed by atoms with Gasteiger partial charge in [-0.05, 0) is 31.0 Å². The van der Waals surface area contributed by atoms with Crippen molar-refractivity contribution in [2.24, 2.45) is 5.92 Å². The van der Waals surface area contributed by atoms with Crippen molar-refractivity contribution in [3.05, 3.63) is 46.8 Å². The lowest BCUT2D eigenvalue weighted by Crippen LogP contribution is -2.40. The van der Waals surface area contributed by atoms with E-state index in [1.54, 1.807) is 6.07 Å². The Hall–Kier alpha value is -1.65. The Labute approximate surface area is 118 Å². The molecule has 2 aromatic rings. The minimum Gasteiger partial charge on any atom is -0.381 e. The summed E-state index contributed by atoms with van der Waals surface area (Å²) in [7, 11) is 1.96. The van der Waals surface area contributed by atoms with Gasteiger partial charge in [-0.3, -0.25) is 4.79 Å². The molecule has 0 radical (unpaired) electrons. The van der Waals surface area contributed by atoms with E-state index < -0.39 is 0 Å². The molecule has 1 saturated heterocycles. The third-order valence-electron chi connectivity index (χ3n) is 4.18. The van der Waals surface area contributed by atoms with Gasteiger partial charge in [0.15, 0.2) is 0 Å². The number of rotatable bonds is 4. The van der Waals surface area contributed by atoms with E-state index in [2.05, 4.69) is 5.32 Å². The summed E-state index contributed by atoms with van der Waals surface area (Å²) in [6.07, 6.45) is 1.06. The molecule has 1 fully saturated rings. The van der Waals surface area contributed by atoms with Crippen molar-refractivity contribution in [2.45, 2.75) is 19.0 Å². The topological polar surface area (TPSA) is 43.3 Å². The molecule has 106 valence electrons. The zero-order valence-electron chi connectivity index (χ0n) is 11.7. The molecule has 3 rings (SSSR count). The van der Waals surface area contributed by atoms with Crippen LogP contribution in [-0.4, -0.2) is 30.9 Å². The Balaban J connectivity index is 1.96. The summed E-state index contributed by atoms with van der Waals surface area (Å²) >= 11 is 0. The van der Waals surface area contributed by atoms with E-state index in [4.69, 9.17) is 4.74 Å². The molecule has 0 saturated carbocycles. The summed E-state index contributed by atoms with van der Waals surface area (Å²) in [5.41, 5.74) is 1.06. The first-order valence-corrected chi connectivity index (χ1v) is 7.13. The van der Waals surface area contributed by atoms with Crippen molar-refractivity contribution in [3.63, 3.8) is 0 Å². The van der Waals surface area contributed by atoms with Crippen LogP contribution in [0.25, 0.3) is 10.9 Å². The van der Waals surface area contributed by atoms with Gasteiger partial charge in [0.2, 0.25) is 0 Å². The first-order valence-electron chi connectivity index (χ1n) is 7.13. The van der Waals surface area contributed by atoms with Crippen LogP contribution >= 0.6 is 0 Å². The van der Waals surface area contributed by atoms with Gasteiger partial charge < -0.3 is 14.6 Å². The molecule has 0 amide bonds. The molecule has 2 atom stereocenters. The Kier molecular flexibility index (Phi) is 3.85. The number of likely N-dealkylation sites (N-methyl/N-ethyl adjacent to an activating group) is 1. The number of nitrogens with one attached hydrogen (secondary N) is 1. The number of pyridine rings is 1. The van der Waals surface area contributed by atoms with E-state index in [0.29, 0.717) is 12.5 Å². The van der Waals surface area contributed by atoms with Gasteiger partial charge in [0.1, 0.15) is 0 Å². The highest BCUT2D eigenvalue weighted by Crippen LogP contribution is 2.19. The van der Waals surface area contributed by atoms with Gasteiger partial charge in [0.05, 0.1) is 12.1 Å². The monoisotopic (exact) mass is 272 g/mol. The minimum absolute atomic E-state index is 0.0582. The van der Waals surface area contributed by atoms with Gasteiger partial charge in [0, 0.05) is 31.2 Å². The number of hydrogen-bond acceptors (Lipinski definition) is 3. The summed E-state index contributed by atoms with van der Waals surface area (Å²) in [6.45, 7) is 2.29. The average molecular weight is 272 g/mol. The number of benzene rings is 1. The number of nitrogens with zero attached hydrogens (tertiary/aromatic N) is 1. The van der Waals surface area contributed by atoms with Crippen LogP contribution in [0.5, 0.6) is 0 Å². The van der Waals surface area contributed by atoms with Gasteiger partial charge in [0.25, 0.3) is 5.56 Å². The molecule has 20 heavy (non-hydrogen) atoms. The maximum absolute atomic E-state index is 12.2. The SMILES string of the molecule is CNC(Cn1c(=O)ccc2ccccc21)C1CCOC1. The van der Waals surface area contributed by atoms with Crippen LogP contribution in [-0.2, 0) is 11.3 Å². The van der Waals surface area contributed by atoms with Crippen molar-refractivity contribution in [2.75, 3.05) is 20.3 Å².